The Morgan fingerprint density at radius 3 is 2.68 bits per heavy atom. The Morgan fingerprint density at radius 1 is 1.27 bits per heavy atom. The number of aromatic nitrogens is 4. The van der Waals surface area contributed by atoms with Crippen LogP contribution in [-0.2, 0) is 17.9 Å². The highest BCUT2D eigenvalue weighted by atomic mass is 19.1. The summed E-state index contributed by atoms with van der Waals surface area (Å²) in [5, 5.41) is 10.8. The quantitative estimate of drug-likeness (QED) is 0.700. The number of nitrogens with zero attached hydrogens (tertiary/aromatic N) is 5. The molecule has 22 heavy (non-hydrogen) atoms. The molecule has 0 N–H and O–H groups in total. The zero-order valence-electron chi connectivity index (χ0n) is 12.7. The SMILES string of the molecule is CCCCCN(Cc1ccc(F)cc1)C(=O)Cn1cnnn1. The summed E-state index contributed by atoms with van der Waals surface area (Å²) in [5.41, 5.74) is 0.906. The number of hydrogen-bond donors (Lipinski definition) is 0. The van der Waals surface area contributed by atoms with Crippen molar-refractivity contribution in [1.82, 2.24) is 25.1 Å². The monoisotopic (exact) mass is 305 g/mol. The predicted molar refractivity (Wildman–Crippen MR) is 79.2 cm³/mol. The number of benzene rings is 1. The first-order chi connectivity index (χ1) is 10.7. The van der Waals surface area contributed by atoms with Crippen LogP contribution in [0, 0.1) is 5.82 Å². The first kappa shape index (κ1) is 16.1. The summed E-state index contributed by atoms with van der Waals surface area (Å²) in [6.07, 6.45) is 4.52. The van der Waals surface area contributed by atoms with E-state index < -0.39 is 0 Å². The average molecular weight is 305 g/mol. The van der Waals surface area contributed by atoms with Gasteiger partial charge >= 0.3 is 0 Å². The number of hydrogen-bond acceptors (Lipinski definition) is 4. The standard InChI is InChI=1S/C15H20FN5O/c1-2-3-4-9-20(10-13-5-7-14(16)8-6-13)15(22)11-21-12-17-18-19-21/h5-8,12H,2-4,9-11H2,1H3. The van der Waals surface area contributed by atoms with Crippen molar-refractivity contribution in [3.8, 4) is 0 Å². The Balaban J connectivity index is 2.00. The molecule has 0 aliphatic heterocycles. The van der Waals surface area contributed by atoms with Crippen molar-refractivity contribution >= 4 is 5.91 Å². The van der Waals surface area contributed by atoms with Crippen molar-refractivity contribution in [3.05, 3.63) is 42.0 Å². The lowest BCUT2D eigenvalue weighted by molar-refractivity contribution is -0.132. The van der Waals surface area contributed by atoms with Gasteiger partial charge in [0.25, 0.3) is 0 Å². The zero-order chi connectivity index (χ0) is 15.8. The third-order valence-corrected chi connectivity index (χ3v) is 3.36. The Kier molecular flexibility index (Phi) is 6.00. The number of unbranched alkanes of at least 4 members (excludes halogenated alkanes) is 2. The van der Waals surface area contributed by atoms with Gasteiger partial charge in [-0.25, -0.2) is 9.07 Å². The maximum Gasteiger partial charge on any atom is 0.244 e. The molecule has 1 amide bonds. The van der Waals surface area contributed by atoms with Gasteiger partial charge in [-0.1, -0.05) is 31.9 Å². The van der Waals surface area contributed by atoms with Crippen LogP contribution in [0.25, 0.3) is 0 Å². The lowest BCUT2D eigenvalue weighted by Gasteiger charge is -2.22. The largest absolute Gasteiger partial charge is 0.337 e. The molecule has 0 aliphatic carbocycles. The maximum atomic E-state index is 13.0. The number of amides is 1. The van der Waals surface area contributed by atoms with Crippen molar-refractivity contribution in [1.29, 1.82) is 0 Å². The minimum Gasteiger partial charge on any atom is -0.337 e. The fourth-order valence-electron chi connectivity index (χ4n) is 2.15. The molecule has 0 radical (unpaired) electrons. The Hall–Kier alpha value is -2.31. The minimum absolute atomic E-state index is 0.0484. The van der Waals surface area contributed by atoms with E-state index in [1.807, 2.05) is 0 Å². The summed E-state index contributed by atoms with van der Waals surface area (Å²) in [6, 6.07) is 6.22. The molecule has 6 nitrogen and oxygen atoms in total. The van der Waals surface area contributed by atoms with E-state index in [9.17, 15) is 9.18 Å². The maximum absolute atomic E-state index is 13.0. The molecular formula is C15H20FN5O. The van der Waals surface area contributed by atoms with Crippen LogP contribution < -0.4 is 0 Å². The molecule has 0 unspecified atom stereocenters. The molecule has 0 aliphatic rings. The highest BCUT2D eigenvalue weighted by molar-refractivity contribution is 5.75. The van der Waals surface area contributed by atoms with Crippen LogP contribution in [0.1, 0.15) is 31.7 Å². The minimum atomic E-state index is -0.277. The predicted octanol–water partition coefficient (Wildman–Crippen LogP) is 2.03. The fourth-order valence-corrected chi connectivity index (χ4v) is 2.15. The summed E-state index contributed by atoms with van der Waals surface area (Å²) in [4.78, 5) is 14.2. The Labute approximate surface area is 128 Å². The first-order valence-electron chi connectivity index (χ1n) is 7.42. The van der Waals surface area contributed by atoms with Gasteiger partial charge in [-0.15, -0.1) is 5.10 Å². The van der Waals surface area contributed by atoms with Crippen molar-refractivity contribution in [2.75, 3.05) is 6.54 Å². The molecule has 0 saturated heterocycles. The van der Waals surface area contributed by atoms with Gasteiger partial charge in [0.05, 0.1) is 0 Å². The van der Waals surface area contributed by atoms with Gasteiger partial charge < -0.3 is 4.90 Å². The number of carbonyl (C=O) groups excluding carboxylic acids is 1. The van der Waals surface area contributed by atoms with E-state index in [1.54, 1.807) is 17.0 Å². The third kappa shape index (κ3) is 4.91. The van der Waals surface area contributed by atoms with E-state index in [0.29, 0.717) is 13.1 Å². The second kappa shape index (κ2) is 8.21. The molecule has 0 fully saturated rings. The van der Waals surface area contributed by atoms with Gasteiger partial charge in [0, 0.05) is 13.1 Å². The van der Waals surface area contributed by atoms with Crippen LogP contribution in [-0.4, -0.2) is 37.6 Å². The van der Waals surface area contributed by atoms with E-state index >= 15 is 0 Å². The van der Waals surface area contributed by atoms with E-state index in [-0.39, 0.29) is 18.3 Å². The molecule has 1 aromatic heterocycles. The highest BCUT2D eigenvalue weighted by Gasteiger charge is 2.15. The van der Waals surface area contributed by atoms with E-state index in [0.717, 1.165) is 24.8 Å². The van der Waals surface area contributed by atoms with Crippen LogP contribution in [0.15, 0.2) is 30.6 Å². The Bertz CT molecular complexity index is 570. The summed E-state index contributed by atoms with van der Waals surface area (Å²) in [6.45, 7) is 3.37. The van der Waals surface area contributed by atoms with E-state index in [2.05, 4.69) is 22.4 Å². The normalized spacial score (nSPS) is 10.6. The smallest absolute Gasteiger partial charge is 0.244 e. The molecule has 0 bridgehead atoms. The van der Waals surface area contributed by atoms with Crippen molar-refractivity contribution in [2.24, 2.45) is 0 Å². The second-order valence-corrected chi connectivity index (χ2v) is 5.16. The molecule has 7 heteroatoms. The molecule has 1 heterocycles. The van der Waals surface area contributed by atoms with Crippen LogP contribution in [0.3, 0.4) is 0 Å². The molecule has 1 aromatic carbocycles. The lowest BCUT2D eigenvalue weighted by Crippen LogP contribution is -2.34. The average Bonchev–Trinajstić information content (AvgIpc) is 3.01. The van der Waals surface area contributed by atoms with Crippen LogP contribution in [0.5, 0.6) is 0 Å². The molecule has 118 valence electrons. The van der Waals surface area contributed by atoms with Gasteiger partial charge in [-0.3, -0.25) is 4.79 Å². The van der Waals surface area contributed by atoms with Crippen molar-refractivity contribution in [2.45, 2.75) is 39.3 Å². The lowest BCUT2D eigenvalue weighted by atomic mass is 10.2. The van der Waals surface area contributed by atoms with Gasteiger partial charge in [-0.2, -0.15) is 0 Å². The zero-order valence-corrected chi connectivity index (χ0v) is 12.7. The first-order valence-corrected chi connectivity index (χ1v) is 7.42. The summed E-state index contributed by atoms with van der Waals surface area (Å²) in [5.74, 6) is -0.325. The fraction of sp³-hybridized carbons (Fsp3) is 0.467. The highest BCUT2D eigenvalue weighted by Crippen LogP contribution is 2.09. The molecular weight excluding hydrogens is 285 g/mol. The Morgan fingerprint density at radius 2 is 2.05 bits per heavy atom. The molecule has 0 saturated carbocycles. The van der Waals surface area contributed by atoms with Crippen molar-refractivity contribution in [3.63, 3.8) is 0 Å². The number of halogens is 1. The summed E-state index contributed by atoms with van der Waals surface area (Å²) in [7, 11) is 0. The van der Waals surface area contributed by atoms with E-state index in [4.69, 9.17) is 0 Å². The number of rotatable bonds is 8. The number of carbonyl (C=O) groups is 1. The second-order valence-electron chi connectivity index (χ2n) is 5.16. The molecule has 0 spiro atoms. The molecule has 0 atom stereocenters. The van der Waals surface area contributed by atoms with Crippen LogP contribution in [0.2, 0.25) is 0 Å². The van der Waals surface area contributed by atoms with Gasteiger partial charge in [-0.05, 0) is 34.5 Å². The van der Waals surface area contributed by atoms with E-state index in [1.165, 1.54) is 23.1 Å². The topological polar surface area (TPSA) is 63.9 Å². The summed E-state index contributed by atoms with van der Waals surface area (Å²) >= 11 is 0. The van der Waals surface area contributed by atoms with Crippen LogP contribution >= 0.6 is 0 Å². The van der Waals surface area contributed by atoms with Gasteiger partial charge in [0.2, 0.25) is 5.91 Å². The van der Waals surface area contributed by atoms with Crippen molar-refractivity contribution < 1.29 is 9.18 Å². The molecule has 2 rings (SSSR count). The summed E-state index contributed by atoms with van der Waals surface area (Å²) < 4.78 is 14.4. The number of tetrazole rings is 1. The van der Waals surface area contributed by atoms with Gasteiger partial charge in [0.15, 0.2) is 0 Å². The molecule has 2 aromatic rings. The third-order valence-electron chi connectivity index (χ3n) is 3.36. The van der Waals surface area contributed by atoms with Crippen LogP contribution in [0.4, 0.5) is 4.39 Å². The van der Waals surface area contributed by atoms with Gasteiger partial charge in [0.1, 0.15) is 18.7 Å².